The van der Waals surface area contributed by atoms with Crippen LogP contribution < -0.4 is 10.5 Å². The van der Waals surface area contributed by atoms with Crippen LogP contribution in [0.5, 0.6) is 5.75 Å². The number of aromatic amines is 1. The molecular formula is C23H17Cl2N5O. The van der Waals surface area contributed by atoms with E-state index in [4.69, 9.17) is 33.7 Å². The lowest BCUT2D eigenvalue weighted by Gasteiger charge is -2.17. The van der Waals surface area contributed by atoms with Crippen molar-refractivity contribution in [2.75, 3.05) is 0 Å². The Balaban J connectivity index is 1.52. The first kappa shape index (κ1) is 19.8. The molecule has 0 aliphatic heterocycles. The predicted octanol–water partition coefficient (Wildman–Crippen LogP) is 5.72. The number of aromatic nitrogens is 3. The van der Waals surface area contributed by atoms with Crippen molar-refractivity contribution in [2.24, 2.45) is 5.73 Å². The van der Waals surface area contributed by atoms with Crippen LogP contribution in [0.3, 0.4) is 0 Å². The van der Waals surface area contributed by atoms with Gasteiger partial charge in [0.2, 0.25) is 0 Å². The molecule has 1 aliphatic rings. The van der Waals surface area contributed by atoms with Gasteiger partial charge in [-0.05, 0) is 60.7 Å². The van der Waals surface area contributed by atoms with E-state index in [1.54, 1.807) is 6.07 Å². The normalized spacial score (nSPS) is 14.4. The Bertz CT molecular complexity index is 1320. The summed E-state index contributed by atoms with van der Waals surface area (Å²) in [6.07, 6.45) is 4.41. The third-order valence-corrected chi connectivity index (χ3v) is 5.98. The zero-order valence-electron chi connectivity index (χ0n) is 16.3. The molecule has 0 radical (unpaired) electrons. The SMILES string of the molecule is N#Cc1cc(-c2n[nH]c3ccc(O[C@H](N)c4c(Cl)cncc4Cl)cc23)cc(C2CC2)c1. The lowest BCUT2D eigenvalue weighted by Crippen LogP contribution is -2.18. The van der Waals surface area contributed by atoms with Crippen molar-refractivity contribution >= 4 is 34.1 Å². The minimum atomic E-state index is -0.862. The molecule has 0 bridgehead atoms. The molecule has 2 aromatic carbocycles. The molecule has 1 saturated carbocycles. The Morgan fingerprint density at radius 3 is 2.61 bits per heavy atom. The molecule has 1 fully saturated rings. The van der Waals surface area contributed by atoms with E-state index in [0.29, 0.717) is 32.8 Å². The number of hydrogen-bond donors (Lipinski definition) is 2. The van der Waals surface area contributed by atoms with Crippen LogP contribution in [0.25, 0.3) is 22.2 Å². The smallest absolute Gasteiger partial charge is 0.177 e. The van der Waals surface area contributed by atoms with Gasteiger partial charge in [-0.1, -0.05) is 23.2 Å². The molecule has 31 heavy (non-hydrogen) atoms. The molecule has 8 heteroatoms. The third kappa shape index (κ3) is 3.84. The number of ether oxygens (including phenoxy) is 1. The number of nitriles is 1. The first-order chi connectivity index (χ1) is 15.0. The van der Waals surface area contributed by atoms with Gasteiger partial charge in [-0.3, -0.25) is 15.8 Å². The molecule has 3 N–H and O–H groups in total. The summed E-state index contributed by atoms with van der Waals surface area (Å²) in [5.41, 5.74) is 11.0. The van der Waals surface area contributed by atoms with Crippen molar-refractivity contribution < 1.29 is 4.74 Å². The highest BCUT2D eigenvalue weighted by atomic mass is 35.5. The minimum absolute atomic E-state index is 0.339. The van der Waals surface area contributed by atoms with E-state index in [1.807, 2.05) is 24.3 Å². The molecule has 5 rings (SSSR count). The molecule has 0 saturated heterocycles. The zero-order chi connectivity index (χ0) is 21.5. The van der Waals surface area contributed by atoms with Crippen LogP contribution in [-0.4, -0.2) is 15.2 Å². The van der Waals surface area contributed by atoms with E-state index in [1.165, 1.54) is 18.0 Å². The fourth-order valence-corrected chi connectivity index (χ4v) is 4.27. The van der Waals surface area contributed by atoms with Crippen molar-refractivity contribution in [1.82, 2.24) is 15.2 Å². The summed E-state index contributed by atoms with van der Waals surface area (Å²) < 4.78 is 5.93. The Morgan fingerprint density at radius 1 is 1.13 bits per heavy atom. The molecule has 154 valence electrons. The van der Waals surface area contributed by atoms with Crippen molar-refractivity contribution in [3.8, 4) is 23.1 Å². The average Bonchev–Trinajstić information content (AvgIpc) is 3.53. The minimum Gasteiger partial charge on any atom is -0.471 e. The van der Waals surface area contributed by atoms with Crippen molar-refractivity contribution in [3.63, 3.8) is 0 Å². The summed E-state index contributed by atoms with van der Waals surface area (Å²) in [5.74, 6) is 1.08. The lowest BCUT2D eigenvalue weighted by molar-refractivity contribution is 0.214. The van der Waals surface area contributed by atoms with E-state index in [-0.39, 0.29) is 0 Å². The summed E-state index contributed by atoms with van der Waals surface area (Å²) >= 11 is 12.4. The van der Waals surface area contributed by atoms with Crippen LogP contribution in [0.15, 0.2) is 48.8 Å². The molecule has 0 amide bonds. The number of benzene rings is 2. The Hall–Kier alpha value is -3.11. The highest BCUT2D eigenvalue weighted by Gasteiger charge is 2.25. The van der Waals surface area contributed by atoms with Gasteiger partial charge in [0.05, 0.1) is 27.2 Å². The van der Waals surface area contributed by atoms with Crippen LogP contribution >= 0.6 is 23.2 Å². The van der Waals surface area contributed by atoms with Gasteiger partial charge < -0.3 is 4.74 Å². The van der Waals surface area contributed by atoms with Crippen LogP contribution in [-0.2, 0) is 0 Å². The van der Waals surface area contributed by atoms with E-state index in [9.17, 15) is 5.26 Å². The number of pyridine rings is 1. The standard InChI is InChI=1S/C23H17Cl2N5O/c24-18-10-28-11-19(25)21(18)23(27)31-16-3-4-20-17(8-16)22(30-29-20)15-6-12(9-26)5-14(7-15)13-1-2-13/h3-8,10-11,13,23H,1-2,27H2,(H,29,30)/t23-/m0/s1. The van der Waals surface area contributed by atoms with Crippen molar-refractivity contribution in [2.45, 2.75) is 25.0 Å². The molecule has 2 aromatic heterocycles. The molecular weight excluding hydrogens is 433 g/mol. The van der Waals surface area contributed by atoms with Gasteiger partial charge in [-0.2, -0.15) is 10.4 Å². The number of H-pyrrole nitrogens is 1. The van der Waals surface area contributed by atoms with Crippen molar-refractivity contribution in [1.29, 1.82) is 5.26 Å². The summed E-state index contributed by atoms with van der Waals surface area (Å²) in [4.78, 5) is 3.94. The van der Waals surface area contributed by atoms with Gasteiger partial charge in [-0.25, -0.2) is 0 Å². The molecule has 2 heterocycles. The second kappa shape index (κ2) is 7.86. The van der Waals surface area contributed by atoms with Crippen LogP contribution in [0, 0.1) is 11.3 Å². The van der Waals surface area contributed by atoms with E-state index < -0.39 is 6.23 Å². The molecule has 1 atom stereocenters. The van der Waals surface area contributed by atoms with Gasteiger partial charge >= 0.3 is 0 Å². The monoisotopic (exact) mass is 449 g/mol. The number of nitrogens with two attached hydrogens (primary N) is 1. The number of nitrogens with zero attached hydrogens (tertiary/aromatic N) is 3. The summed E-state index contributed by atoms with van der Waals surface area (Å²) in [6, 6.07) is 13.7. The second-order valence-corrected chi connectivity index (χ2v) is 8.38. The number of rotatable bonds is 5. The maximum absolute atomic E-state index is 9.46. The second-order valence-electron chi connectivity index (χ2n) is 7.56. The topological polar surface area (TPSA) is 101 Å². The highest BCUT2D eigenvalue weighted by molar-refractivity contribution is 6.35. The van der Waals surface area contributed by atoms with Crippen LogP contribution in [0.4, 0.5) is 0 Å². The summed E-state index contributed by atoms with van der Waals surface area (Å²) in [6.45, 7) is 0. The van der Waals surface area contributed by atoms with Gasteiger partial charge in [0.15, 0.2) is 6.23 Å². The van der Waals surface area contributed by atoms with E-state index >= 15 is 0 Å². The third-order valence-electron chi connectivity index (χ3n) is 5.38. The van der Waals surface area contributed by atoms with Crippen LogP contribution in [0.2, 0.25) is 10.0 Å². The number of fused-ring (bicyclic) bond motifs is 1. The molecule has 4 aromatic rings. The Kier molecular flexibility index (Phi) is 5.03. The largest absolute Gasteiger partial charge is 0.471 e. The Morgan fingerprint density at radius 2 is 1.90 bits per heavy atom. The van der Waals surface area contributed by atoms with Gasteiger partial charge in [0.1, 0.15) is 11.4 Å². The Labute approximate surface area is 188 Å². The summed E-state index contributed by atoms with van der Waals surface area (Å²) in [7, 11) is 0. The average molecular weight is 450 g/mol. The number of hydrogen-bond acceptors (Lipinski definition) is 5. The van der Waals surface area contributed by atoms with Gasteiger partial charge in [-0.15, -0.1) is 0 Å². The quantitative estimate of drug-likeness (QED) is 0.379. The van der Waals surface area contributed by atoms with Gasteiger partial charge in [0, 0.05) is 28.9 Å². The number of nitrogens with one attached hydrogen (secondary N) is 1. The molecule has 6 nitrogen and oxygen atoms in total. The maximum Gasteiger partial charge on any atom is 0.177 e. The van der Waals surface area contributed by atoms with E-state index in [0.717, 1.165) is 35.0 Å². The lowest BCUT2D eigenvalue weighted by atomic mass is 9.99. The highest BCUT2D eigenvalue weighted by Crippen LogP contribution is 2.42. The number of halogens is 2. The van der Waals surface area contributed by atoms with Gasteiger partial charge in [0.25, 0.3) is 0 Å². The zero-order valence-corrected chi connectivity index (χ0v) is 17.8. The molecule has 0 spiro atoms. The fourth-order valence-electron chi connectivity index (χ4n) is 3.69. The first-order valence-corrected chi connectivity index (χ1v) is 10.5. The first-order valence-electron chi connectivity index (χ1n) is 9.78. The molecule has 0 unspecified atom stereocenters. The van der Waals surface area contributed by atoms with Crippen molar-refractivity contribution in [3.05, 3.63) is 75.5 Å². The fraction of sp³-hybridized carbons (Fsp3) is 0.174. The van der Waals surface area contributed by atoms with Crippen LogP contribution in [0.1, 0.15) is 41.7 Å². The maximum atomic E-state index is 9.46. The van der Waals surface area contributed by atoms with E-state index in [2.05, 4.69) is 27.3 Å². The predicted molar refractivity (Wildman–Crippen MR) is 120 cm³/mol. The summed E-state index contributed by atoms with van der Waals surface area (Å²) in [5, 5.41) is 18.5. The molecule has 1 aliphatic carbocycles.